The van der Waals surface area contributed by atoms with Gasteiger partial charge in [0.15, 0.2) is 0 Å². The predicted octanol–water partition coefficient (Wildman–Crippen LogP) is 1.15. The second-order valence-electron chi connectivity index (χ2n) is 4.82. The Balaban J connectivity index is 2.68. The van der Waals surface area contributed by atoms with Crippen LogP contribution in [-0.4, -0.2) is 61.5 Å². The molecule has 1 unspecified atom stereocenters. The Labute approximate surface area is 109 Å². The normalized spacial score (nSPS) is 12.3. The Bertz CT molecular complexity index is 404. The molecule has 0 aliphatic rings. The zero-order valence-corrected chi connectivity index (χ0v) is 11.8. The standard InChI is InChI=1S/C13H22N4O/c1-10(16(2)3)9-15-11-6-7-14-12(8-11)13(18)17(4)5/h6-8,10H,9H2,1-5H3,(H,14,15). The molecule has 0 saturated heterocycles. The van der Waals surface area contributed by atoms with Gasteiger partial charge in [-0.15, -0.1) is 0 Å². The zero-order valence-electron chi connectivity index (χ0n) is 11.8. The van der Waals surface area contributed by atoms with Crippen molar-refractivity contribution < 1.29 is 4.79 Å². The highest BCUT2D eigenvalue weighted by Gasteiger charge is 2.10. The molecule has 0 bridgehead atoms. The number of aromatic nitrogens is 1. The Morgan fingerprint density at radius 1 is 1.39 bits per heavy atom. The van der Waals surface area contributed by atoms with Gasteiger partial charge in [-0.25, -0.2) is 0 Å². The number of amides is 1. The molecule has 0 fully saturated rings. The number of carbonyl (C=O) groups excluding carboxylic acids is 1. The number of hydrogen-bond donors (Lipinski definition) is 1. The Kier molecular flexibility index (Phi) is 5.09. The Morgan fingerprint density at radius 3 is 2.61 bits per heavy atom. The van der Waals surface area contributed by atoms with Gasteiger partial charge in [0.2, 0.25) is 0 Å². The van der Waals surface area contributed by atoms with E-state index in [9.17, 15) is 4.79 Å². The maximum atomic E-state index is 11.8. The quantitative estimate of drug-likeness (QED) is 0.851. The number of pyridine rings is 1. The van der Waals surface area contributed by atoms with E-state index in [0.717, 1.165) is 12.2 Å². The first kappa shape index (κ1) is 14.4. The van der Waals surface area contributed by atoms with Crippen molar-refractivity contribution in [1.29, 1.82) is 0 Å². The molecule has 1 heterocycles. The Hall–Kier alpha value is -1.62. The molecule has 1 amide bonds. The molecule has 0 aromatic carbocycles. The first-order valence-electron chi connectivity index (χ1n) is 6.00. The molecule has 0 saturated carbocycles. The lowest BCUT2D eigenvalue weighted by Crippen LogP contribution is -2.31. The highest BCUT2D eigenvalue weighted by atomic mass is 16.2. The summed E-state index contributed by atoms with van der Waals surface area (Å²) >= 11 is 0. The van der Waals surface area contributed by atoms with Crippen LogP contribution < -0.4 is 5.32 Å². The number of carbonyl (C=O) groups is 1. The lowest BCUT2D eigenvalue weighted by molar-refractivity contribution is 0.0822. The van der Waals surface area contributed by atoms with Gasteiger partial charge in [-0.2, -0.15) is 0 Å². The predicted molar refractivity (Wildman–Crippen MR) is 73.9 cm³/mol. The highest BCUT2D eigenvalue weighted by Crippen LogP contribution is 2.09. The number of nitrogens with zero attached hydrogens (tertiary/aromatic N) is 3. The molecule has 5 nitrogen and oxygen atoms in total. The lowest BCUT2D eigenvalue weighted by Gasteiger charge is -2.20. The van der Waals surface area contributed by atoms with Gasteiger partial charge < -0.3 is 15.1 Å². The summed E-state index contributed by atoms with van der Waals surface area (Å²) in [7, 11) is 7.52. The summed E-state index contributed by atoms with van der Waals surface area (Å²) in [6, 6.07) is 4.07. The van der Waals surface area contributed by atoms with Crippen LogP contribution in [0.2, 0.25) is 0 Å². The molecular formula is C13H22N4O. The van der Waals surface area contributed by atoms with Gasteiger partial charge in [0.25, 0.3) is 5.91 Å². The van der Waals surface area contributed by atoms with Crippen LogP contribution in [0, 0.1) is 0 Å². The molecule has 18 heavy (non-hydrogen) atoms. The molecule has 0 aliphatic heterocycles. The largest absolute Gasteiger partial charge is 0.383 e. The van der Waals surface area contributed by atoms with Crippen LogP contribution in [0.5, 0.6) is 0 Å². The summed E-state index contributed by atoms with van der Waals surface area (Å²) in [5.74, 6) is -0.0840. The molecular weight excluding hydrogens is 228 g/mol. The van der Waals surface area contributed by atoms with E-state index in [1.54, 1.807) is 26.4 Å². The van der Waals surface area contributed by atoms with Crippen LogP contribution >= 0.6 is 0 Å². The molecule has 1 N–H and O–H groups in total. The molecule has 1 aromatic heterocycles. The van der Waals surface area contributed by atoms with E-state index in [4.69, 9.17) is 0 Å². The van der Waals surface area contributed by atoms with Gasteiger partial charge in [0, 0.05) is 38.6 Å². The van der Waals surface area contributed by atoms with E-state index in [-0.39, 0.29) is 5.91 Å². The minimum atomic E-state index is -0.0840. The molecule has 0 spiro atoms. The fourth-order valence-corrected chi connectivity index (χ4v) is 1.33. The number of likely N-dealkylation sites (N-methyl/N-ethyl adjacent to an activating group) is 1. The van der Waals surface area contributed by atoms with Gasteiger partial charge in [-0.05, 0) is 33.2 Å². The third kappa shape index (κ3) is 4.00. The van der Waals surface area contributed by atoms with Crippen LogP contribution in [-0.2, 0) is 0 Å². The van der Waals surface area contributed by atoms with Crippen molar-refractivity contribution in [2.45, 2.75) is 13.0 Å². The van der Waals surface area contributed by atoms with Crippen LogP contribution in [0.3, 0.4) is 0 Å². The fraction of sp³-hybridized carbons (Fsp3) is 0.538. The second-order valence-corrected chi connectivity index (χ2v) is 4.82. The molecule has 1 rings (SSSR count). The van der Waals surface area contributed by atoms with Crippen LogP contribution in [0.25, 0.3) is 0 Å². The second kappa shape index (κ2) is 6.35. The van der Waals surface area contributed by atoms with E-state index in [0.29, 0.717) is 11.7 Å². The SMILES string of the molecule is CC(CNc1ccnc(C(=O)N(C)C)c1)N(C)C. The van der Waals surface area contributed by atoms with Crippen LogP contribution in [0.4, 0.5) is 5.69 Å². The number of hydrogen-bond acceptors (Lipinski definition) is 4. The summed E-state index contributed by atoms with van der Waals surface area (Å²) in [6.07, 6.45) is 1.65. The minimum Gasteiger partial charge on any atom is -0.383 e. The molecule has 0 radical (unpaired) electrons. The highest BCUT2D eigenvalue weighted by molar-refractivity contribution is 5.92. The van der Waals surface area contributed by atoms with Crippen LogP contribution in [0.1, 0.15) is 17.4 Å². The zero-order chi connectivity index (χ0) is 13.7. The molecule has 5 heteroatoms. The maximum absolute atomic E-state index is 11.8. The van der Waals surface area contributed by atoms with Gasteiger partial charge in [-0.1, -0.05) is 0 Å². The lowest BCUT2D eigenvalue weighted by atomic mass is 10.2. The van der Waals surface area contributed by atoms with Gasteiger partial charge in [0.1, 0.15) is 5.69 Å². The topological polar surface area (TPSA) is 48.5 Å². The van der Waals surface area contributed by atoms with E-state index in [2.05, 4.69) is 22.1 Å². The minimum absolute atomic E-state index is 0.0840. The summed E-state index contributed by atoms with van der Waals surface area (Å²) < 4.78 is 0. The van der Waals surface area contributed by atoms with Crippen molar-refractivity contribution in [3.05, 3.63) is 24.0 Å². The number of rotatable bonds is 5. The molecule has 1 aromatic rings. The first-order chi connectivity index (χ1) is 8.41. The van der Waals surface area contributed by atoms with Gasteiger partial charge in [-0.3, -0.25) is 9.78 Å². The van der Waals surface area contributed by atoms with Crippen molar-refractivity contribution in [1.82, 2.24) is 14.8 Å². The van der Waals surface area contributed by atoms with E-state index in [1.165, 1.54) is 4.90 Å². The smallest absolute Gasteiger partial charge is 0.272 e. The maximum Gasteiger partial charge on any atom is 0.272 e. The molecule has 1 atom stereocenters. The summed E-state index contributed by atoms with van der Waals surface area (Å²) in [5, 5.41) is 3.31. The number of anilines is 1. The monoisotopic (exact) mass is 250 g/mol. The fourth-order valence-electron chi connectivity index (χ4n) is 1.33. The Morgan fingerprint density at radius 2 is 2.06 bits per heavy atom. The van der Waals surface area contributed by atoms with Crippen LogP contribution in [0.15, 0.2) is 18.3 Å². The van der Waals surface area contributed by atoms with Crippen molar-refractivity contribution in [3.8, 4) is 0 Å². The summed E-state index contributed by atoms with van der Waals surface area (Å²) in [5.41, 5.74) is 1.38. The van der Waals surface area contributed by atoms with E-state index < -0.39 is 0 Å². The molecule has 100 valence electrons. The summed E-state index contributed by atoms with van der Waals surface area (Å²) in [6.45, 7) is 2.96. The van der Waals surface area contributed by atoms with E-state index in [1.807, 2.05) is 20.2 Å². The third-order valence-electron chi connectivity index (χ3n) is 2.87. The van der Waals surface area contributed by atoms with Gasteiger partial charge in [0.05, 0.1) is 0 Å². The van der Waals surface area contributed by atoms with Crippen molar-refractivity contribution in [2.24, 2.45) is 0 Å². The van der Waals surface area contributed by atoms with Crippen molar-refractivity contribution >= 4 is 11.6 Å². The average Bonchev–Trinajstić information content (AvgIpc) is 2.35. The molecule has 0 aliphatic carbocycles. The number of nitrogens with one attached hydrogen (secondary N) is 1. The van der Waals surface area contributed by atoms with Crippen molar-refractivity contribution in [2.75, 3.05) is 40.1 Å². The van der Waals surface area contributed by atoms with E-state index >= 15 is 0 Å². The average molecular weight is 250 g/mol. The third-order valence-corrected chi connectivity index (χ3v) is 2.87. The first-order valence-corrected chi connectivity index (χ1v) is 6.00. The summed E-state index contributed by atoms with van der Waals surface area (Å²) in [4.78, 5) is 19.5. The van der Waals surface area contributed by atoms with Gasteiger partial charge >= 0.3 is 0 Å². The van der Waals surface area contributed by atoms with Crippen molar-refractivity contribution in [3.63, 3.8) is 0 Å².